The first-order chi connectivity index (χ1) is 9.20. The third kappa shape index (κ3) is 2.02. The van der Waals surface area contributed by atoms with Crippen molar-refractivity contribution in [3.63, 3.8) is 0 Å². The van der Waals surface area contributed by atoms with Crippen LogP contribution in [0.15, 0.2) is 30.6 Å². The molecule has 0 aliphatic carbocycles. The van der Waals surface area contributed by atoms with Gasteiger partial charge in [-0.1, -0.05) is 23.7 Å². The number of fused-ring (bicyclic) bond motifs is 1. The molecule has 0 saturated heterocycles. The monoisotopic (exact) mass is 274 g/mol. The second-order valence-electron chi connectivity index (χ2n) is 4.52. The van der Waals surface area contributed by atoms with E-state index in [4.69, 9.17) is 11.6 Å². The number of imidazole rings is 1. The molecule has 4 nitrogen and oxygen atoms in total. The van der Waals surface area contributed by atoms with Crippen molar-refractivity contribution in [1.82, 2.24) is 19.3 Å². The lowest BCUT2D eigenvalue weighted by atomic mass is 10.3. The SMILES string of the molecule is CCn1nc(C)c(Cl)c1Cn1cnc2ccccc21. The molecule has 19 heavy (non-hydrogen) atoms. The molecule has 0 unspecified atom stereocenters. The van der Waals surface area contributed by atoms with Crippen LogP contribution >= 0.6 is 11.6 Å². The molecule has 2 aromatic heterocycles. The van der Waals surface area contributed by atoms with Gasteiger partial charge in [0.2, 0.25) is 0 Å². The number of benzene rings is 1. The van der Waals surface area contributed by atoms with Gasteiger partial charge < -0.3 is 4.57 Å². The van der Waals surface area contributed by atoms with E-state index in [1.807, 2.05) is 36.1 Å². The molecular weight excluding hydrogens is 260 g/mol. The zero-order chi connectivity index (χ0) is 13.4. The molecule has 0 bridgehead atoms. The van der Waals surface area contributed by atoms with Crippen LogP contribution in [0.3, 0.4) is 0 Å². The highest BCUT2D eigenvalue weighted by atomic mass is 35.5. The molecule has 0 radical (unpaired) electrons. The van der Waals surface area contributed by atoms with E-state index in [9.17, 15) is 0 Å². The number of halogens is 1. The molecule has 0 fully saturated rings. The van der Waals surface area contributed by atoms with Gasteiger partial charge in [-0.15, -0.1) is 0 Å². The fourth-order valence-electron chi connectivity index (χ4n) is 2.32. The second kappa shape index (κ2) is 4.70. The number of hydrogen-bond acceptors (Lipinski definition) is 2. The summed E-state index contributed by atoms with van der Waals surface area (Å²) in [5, 5.41) is 5.19. The van der Waals surface area contributed by atoms with E-state index < -0.39 is 0 Å². The first-order valence-electron chi connectivity index (χ1n) is 6.32. The van der Waals surface area contributed by atoms with E-state index in [0.717, 1.165) is 34.0 Å². The maximum Gasteiger partial charge on any atom is 0.0962 e. The third-order valence-corrected chi connectivity index (χ3v) is 3.79. The number of para-hydroxylation sites is 2. The summed E-state index contributed by atoms with van der Waals surface area (Å²) in [6.07, 6.45) is 1.85. The van der Waals surface area contributed by atoms with Crippen LogP contribution in [0, 0.1) is 6.92 Å². The van der Waals surface area contributed by atoms with Gasteiger partial charge in [0, 0.05) is 6.54 Å². The summed E-state index contributed by atoms with van der Waals surface area (Å²) in [4.78, 5) is 4.40. The quantitative estimate of drug-likeness (QED) is 0.735. The highest BCUT2D eigenvalue weighted by molar-refractivity contribution is 6.31. The zero-order valence-corrected chi connectivity index (χ0v) is 11.7. The Bertz CT molecular complexity index is 726. The van der Waals surface area contributed by atoms with Crippen molar-refractivity contribution in [2.75, 3.05) is 0 Å². The van der Waals surface area contributed by atoms with Crippen molar-refractivity contribution >= 4 is 22.6 Å². The van der Waals surface area contributed by atoms with Crippen molar-refractivity contribution in [3.05, 3.63) is 47.0 Å². The fourth-order valence-corrected chi connectivity index (χ4v) is 2.51. The average Bonchev–Trinajstić information content (AvgIpc) is 2.95. The van der Waals surface area contributed by atoms with Gasteiger partial charge in [-0.05, 0) is 26.0 Å². The number of nitrogens with zero attached hydrogens (tertiary/aromatic N) is 4. The van der Waals surface area contributed by atoms with Gasteiger partial charge in [0.1, 0.15) is 0 Å². The summed E-state index contributed by atoms with van der Waals surface area (Å²) in [6.45, 7) is 5.51. The Kier molecular flexibility index (Phi) is 3.03. The van der Waals surface area contributed by atoms with Crippen molar-refractivity contribution in [3.8, 4) is 0 Å². The molecule has 1 aromatic carbocycles. The van der Waals surface area contributed by atoms with Gasteiger partial charge >= 0.3 is 0 Å². The maximum absolute atomic E-state index is 6.34. The van der Waals surface area contributed by atoms with Gasteiger partial charge in [-0.3, -0.25) is 4.68 Å². The summed E-state index contributed by atoms with van der Waals surface area (Å²) in [5.74, 6) is 0. The Morgan fingerprint density at radius 2 is 2.05 bits per heavy atom. The predicted octanol–water partition coefficient (Wildman–Crippen LogP) is 3.26. The Morgan fingerprint density at radius 3 is 2.84 bits per heavy atom. The highest BCUT2D eigenvalue weighted by Gasteiger charge is 2.13. The van der Waals surface area contributed by atoms with Crippen LogP contribution in [-0.4, -0.2) is 19.3 Å². The molecule has 2 heterocycles. The Balaban J connectivity index is 2.06. The Labute approximate surface area is 116 Å². The molecule has 3 aromatic rings. The summed E-state index contributed by atoms with van der Waals surface area (Å²) in [5.41, 5.74) is 4.02. The van der Waals surface area contributed by atoms with Crippen LogP contribution in [0.2, 0.25) is 5.02 Å². The van der Waals surface area contributed by atoms with Gasteiger partial charge in [0.25, 0.3) is 0 Å². The summed E-state index contributed by atoms with van der Waals surface area (Å²) in [7, 11) is 0. The minimum Gasteiger partial charge on any atom is -0.324 e. The van der Waals surface area contributed by atoms with Crippen molar-refractivity contribution in [2.45, 2.75) is 26.9 Å². The molecule has 3 rings (SSSR count). The van der Waals surface area contributed by atoms with Crippen LogP contribution in [-0.2, 0) is 13.1 Å². The summed E-state index contributed by atoms with van der Waals surface area (Å²) in [6, 6.07) is 8.09. The molecule has 0 N–H and O–H groups in total. The Hall–Kier alpha value is -1.81. The minimum atomic E-state index is 0.689. The lowest BCUT2D eigenvalue weighted by Gasteiger charge is -2.07. The molecule has 0 atom stereocenters. The van der Waals surface area contributed by atoms with Crippen molar-refractivity contribution in [2.24, 2.45) is 0 Å². The molecular formula is C14H15ClN4. The van der Waals surface area contributed by atoms with Crippen molar-refractivity contribution in [1.29, 1.82) is 0 Å². The largest absolute Gasteiger partial charge is 0.324 e. The topological polar surface area (TPSA) is 35.6 Å². The normalized spacial score (nSPS) is 11.3. The van der Waals surface area contributed by atoms with Gasteiger partial charge in [-0.25, -0.2) is 4.98 Å². The van der Waals surface area contributed by atoms with Gasteiger partial charge in [0.05, 0.1) is 40.3 Å². The lowest BCUT2D eigenvalue weighted by Crippen LogP contribution is -2.07. The van der Waals surface area contributed by atoms with E-state index in [-0.39, 0.29) is 0 Å². The van der Waals surface area contributed by atoms with Crippen molar-refractivity contribution < 1.29 is 0 Å². The van der Waals surface area contributed by atoms with Crippen LogP contribution in [0.1, 0.15) is 18.3 Å². The van der Waals surface area contributed by atoms with Crippen LogP contribution in [0.4, 0.5) is 0 Å². The number of hydrogen-bond donors (Lipinski definition) is 0. The summed E-state index contributed by atoms with van der Waals surface area (Å²) >= 11 is 6.34. The number of rotatable bonds is 3. The van der Waals surface area contributed by atoms with E-state index in [2.05, 4.69) is 27.6 Å². The third-order valence-electron chi connectivity index (χ3n) is 3.30. The maximum atomic E-state index is 6.34. The molecule has 0 saturated carbocycles. The highest BCUT2D eigenvalue weighted by Crippen LogP contribution is 2.22. The molecule has 0 spiro atoms. The standard InChI is InChI=1S/C14H15ClN4/c1-3-19-13(14(15)10(2)17-19)8-18-9-16-11-6-4-5-7-12(11)18/h4-7,9H,3,8H2,1-2H3. The second-order valence-corrected chi connectivity index (χ2v) is 4.90. The molecule has 0 amide bonds. The molecule has 5 heteroatoms. The fraction of sp³-hybridized carbons (Fsp3) is 0.286. The first kappa shape index (κ1) is 12.2. The van der Waals surface area contributed by atoms with Crippen LogP contribution in [0.5, 0.6) is 0 Å². The van der Waals surface area contributed by atoms with E-state index in [1.165, 1.54) is 0 Å². The van der Waals surface area contributed by atoms with E-state index >= 15 is 0 Å². The van der Waals surface area contributed by atoms with Crippen LogP contribution < -0.4 is 0 Å². The van der Waals surface area contributed by atoms with Crippen LogP contribution in [0.25, 0.3) is 11.0 Å². The number of aryl methyl sites for hydroxylation is 2. The zero-order valence-electron chi connectivity index (χ0n) is 11.0. The lowest BCUT2D eigenvalue weighted by molar-refractivity contribution is 0.601. The van der Waals surface area contributed by atoms with Gasteiger partial charge in [0.15, 0.2) is 0 Å². The van der Waals surface area contributed by atoms with Gasteiger partial charge in [-0.2, -0.15) is 5.10 Å². The minimum absolute atomic E-state index is 0.689. The Morgan fingerprint density at radius 1 is 1.26 bits per heavy atom. The molecule has 0 aliphatic heterocycles. The smallest absolute Gasteiger partial charge is 0.0962 e. The first-order valence-corrected chi connectivity index (χ1v) is 6.70. The van der Waals surface area contributed by atoms with E-state index in [0.29, 0.717) is 6.54 Å². The average molecular weight is 275 g/mol. The predicted molar refractivity (Wildman–Crippen MR) is 76.5 cm³/mol. The van der Waals surface area contributed by atoms with E-state index in [1.54, 1.807) is 0 Å². The molecule has 0 aliphatic rings. The number of aromatic nitrogens is 4. The summed E-state index contributed by atoms with van der Waals surface area (Å²) < 4.78 is 4.05. The molecule has 98 valence electrons.